The molecule has 0 heterocycles. The fourth-order valence-corrected chi connectivity index (χ4v) is 2.00. The molecule has 0 saturated carbocycles. The standard InChI is InChI=1S/C20H29N3.C2H6/c1-4-6-12-19(15-16-21)22-23-20(17(3)5-2)14-13-18-10-8-7-9-11-18;1-2/h5,7-12,14-16,22-23H,4,6,13,21H2,1-3H3;1-2H3/b16-15?,17-5+,19-12+,20-14-;. The van der Waals surface area contributed by atoms with Gasteiger partial charge in [0.15, 0.2) is 0 Å². The summed E-state index contributed by atoms with van der Waals surface area (Å²) in [6, 6.07) is 10.4. The molecule has 0 unspecified atom stereocenters. The maximum absolute atomic E-state index is 5.51. The normalized spacial score (nSPS) is 12.6. The molecule has 0 spiro atoms. The molecule has 4 N–H and O–H groups in total. The molecule has 25 heavy (non-hydrogen) atoms. The van der Waals surface area contributed by atoms with Crippen molar-refractivity contribution in [1.29, 1.82) is 0 Å². The molecule has 0 saturated heterocycles. The maximum atomic E-state index is 5.51. The second-order valence-corrected chi connectivity index (χ2v) is 5.34. The van der Waals surface area contributed by atoms with Crippen LogP contribution in [0.1, 0.15) is 53.0 Å². The lowest BCUT2D eigenvalue weighted by Gasteiger charge is -2.15. The first-order valence-electron chi connectivity index (χ1n) is 9.19. The smallest absolute Gasteiger partial charge is 0.0529 e. The Kier molecular flexibility index (Phi) is 13.7. The summed E-state index contributed by atoms with van der Waals surface area (Å²) < 4.78 is 0. The Hall–Kier alpha value is -2.42. The predicted molar refractivity (Wildman–Crippen MR) is 112 cm³/mol. The first-order chi connectivity index (χ1) is 12.2. The summed E-state index contributed by atoms with van der Waals surface area (Å²) >= 11 is 0. The molecule has 0 aliphatic rings. The van der Waals surface area contributed by atoms with Crippen LogP contribution in [0.25, 0.3) is 0 Å². The van der Waals surface area contributed by atoms with Crippen LogP contribution in [0.5, 0.6) is 0 Å². The van der Waals surface area contributed by atoms with Crippen LogP contribution in [0.3, 0.4) is 0 Å². The van der Waals surface area contributed by atoms with Crippen molar-refractivity contribution in [3.8, 4) is 0 Å². The van der Waals surface area contributed by atoms with Gasteiger partial charge in [-0.15, -0.1) is 0 Å². The Morgan fingerprint density at radius 2 is 1.76 bits per heavy atom. The molecule has 0 fully saturated rings. The quantitative estimate of drug-likeness (QED) is 0.419. The van der Waals surface area contributed by atoms with Crippen LogP contribution < -0.4 is 16.6 Å². The zero-order valence-electron chi connectivity index (χ0n) is 16.5. The highest BCUT2D eigenvalue weighted by Gasteiger charge is 2.00. The third-order valence-electron chi connectivity index (χ3n) is 3.51. The largest absolute Gasteiger partial charge is 0.405 e. The van der Waals surface area contributed by atoms with E-state index in [1.54, 1.807) is 6.20 Å². The second kappa shape index (κ2) is 15.1. The highest BCUT2D eigenvalue weighted by Crippen LogP contribution is 2.09. The fourth-order valence-electron chi connectivity index (χ4n) is 2.00. The number of hydrazine groups is 1. The Morgan fingerprint density at radius 3 is 2.32 bits per heavy atom. The van der Waals surface area contributed by atoms with Crippen molar-refractivity contribution < 1.29 is 0 Å². The molecule has 0 aromatic heterocycles. The fraction of sp³-hybridized carbons (Fsp3) is 0.364. The minimum absolute atomic E-state index is 0.886. The van der Waals surface area contributed by atoms with Gasteiger partial charge in [-0.25, -0.2) is 0 Å². The highest BCUT2D eigenvalue weighted by atomic mass is 15.4. The molecule has 0 aliphatic carbocycles. The van der Waals surface area contributed by atoms with Gasteiger partial charge in [0, 0.05) is 0 Å². The summed E-state index contributed by atoms with van der Waals surface area (Å²) in [6.07, 6.45) is 12.8. The molecule has 0 atom stereocenters. The number of nitrogens with two attached hydrogens (primary N) is 1. The van der Waals surface area contributed by atoms with Gasteiger partial charge in [-0.2, -0.15) is 0 Å². The van der Waals surface area contributed by atoms with Crippen LogP contribution >= 0.6 is 0 Å². The van der Waals surface area contributed by atoms with Crippen LogP contribution in [0, 0.1) is 0 Å². The van der Waals surface area contributed by atoms with Gasteiger partial charge in [0.2, 0.25) is 0 Å². The molecule has 0 bridgehead atoms. The van der Waals surface area contributed by atoms with E-state index >= 15 is 0 Å². The zero-order valence-corrected chi connectivity index (χ0v) is 16.5. The van der Waals surface area contributed by atoms with Crippen molar-refractivity contribution in [2.24, 2.45) is 5.73 Å². The first-order valence-corrected chi connectivity index (χ1v) is 9.19. The number of benzene rings is 1. The maximum Gasteiger partial charge on any atom is 0.0529 e. The Bertz CT molecular complexity index is 566. The summed E-state index contributed by atoms with van der Waals surface area (Å²) in [7, 11) is 0. The molecule has 3 nitrogen and oxygen atoms in total. The van der Waals surface area contributed by atoms with Crippen molar-refractivity contribution in [2.45, 2.75) is 53.9 Å². The van der Waals surface area contributed by atoms with Gasteiger partial charge in [0.1, 0.15) is 0 Å². The van der Waals surface area contributed by atoms with E-state index in [-0.39, 0.29) is 0 Å². The highest BCUT2D eigenvalue weighted by molar-refractivity contribution is 5.30. The van der Waals surface area contributed by atoms with Crippen LogP contribution in [-0.2, 0) is 6.42 Å². The van der Waals surface area contributed by atoms with E-state index in [1.807, 2.05) is 32.9 Å². The lowest BCUT2D eigenvalue weighted by Crippen LogP contribution is -2.30. The van der Waals surface area contributed by atoms with E-state index in [0.29, 0.717) is 0 Å². The summed E-state index contributed by atoms with van der Waals surface area (Å²) in [5.74, 6) is 0. The lowest BCUT2D eigenvalue weighted by atomic mass is 10.1. The van der Waals surface area contributed by atoms with Gasteiger partial charge in [0.05, 0.1) is 11.4 Å². The van der Waals surface area contributed by atoms with E-state index in [1.165, 1.54) is 11.1 Å². The molecule has 0 aliphatic heterocycles. The third-order valence-corrected chi connectivity index (χ3v) is 3.51. The summed E-state index contributed by atoms with van der Waals surface area (Å²) in [5, 5.41) is 0. The van der Waals surface area contributed by atoms with Gasteiger partial charge >= 0.3 is 0 Å². The van der Waals surface area contributed by atoms with E-state index in [4.69, 9.17) is 5.73 Å². The van der Waals surface area contributed by atoms with Gasteiger partial charge in [-0.3, -0.25) is 0 Å². The molecule has 1 rings (SSSR count). The van der Waals surface area contributed by atoms with E-state index in [0.717, 1.165) is 30.7 Å². The average Bonchev–Trinajstić information content (AvgIpc) is 2.67. The average molecular weight is 342 g/mol. The number of hydrogen-bond donors (Lipinski definition) is 3. The van der Waals surface area contributed by atoms with Crippen LogP contribution in [0.2, 0.25) is 0 Å². The summed E-state index contributed by atoms with van der Waals surface area (Å²) in [4.78, 5) is 0. The number of allylic oxidation sites excluding steroid dienone is 5. The van der Waals surface area contributed by atoms with Crippen molar-refractivity contribution in [3.05, 3.63) is 83.4 Å². The Labute approximate surface area is 154 Å². The van der Waals surface area contributed by atoms with Crippen LogP contribution in [-0.4, -0.2) is 0 Å². The number of unbranched alkanes of at least 4 members (excludes halogenated alkanes) is 1. The minimum Gasteiger partial charge on any atom is -0.405 e. The molecular weight excluding hydrogens is 306 g/mol. The van der Waals surface area contributed by atoms with Gasteiger partial charge in [0.25, 0.3) is 0 Å². The molecule has 138 valence electrons. The lowest BCUT2D eigenvalue weighted by molar-refractivity contribution is 0.701. The zero-order chi connectivity index (χ0) is 18.9. The molecule has 1 aromatic carbocycles. The number of rotatable bonds is 9. The predicted octanol–water partition coefficient (Wildman–Crippen LogP) is 5.36. The summed E-state index contributed by atoms with van der Waals surface area (Å²) in [5.41, 5.74) is 16.6. The van der Waals surface area contributed by atoms with E-state index in [2.05, 4.69) is 67.2 Å². The van der Waals surface area contributed by atoms with Crippen molar-refractivity contribution >= 4 is 0 Å². The Morgan fingerprint density at radius 1 is 1.08 bits per heavy atom. The van der Waals surface area contributed by atoms with Gasteiger partial charge in [-0.1, -0.05) is 75.8 Å². The third kappa shape index (κ3) is 10.1. The number of hydrogen-bond acceptors (Lipinski definition) is 3. The van der Waals surface area contributed by atoms with E-state index < -0.39 is 0 Å². The monoisotopic (exact) mass is 341 g/mol. The van der Waals surface area contributed by atoms with Crippen LogP contribution in [0.4, 0.5) is 0 Å². The summed E-state index contributed by atoms with van der Waals surface area (Å²) in [6.45, 7) is 10.3. The topological polar surface area (TPSA) is 50.1 Å². The molecule has 0 amide bonds. The minimum atomic E-state index is 0.886. The SMILES string of the molecule is C/C=C(C)/C(=C/Cc1ccccc1)NN/C(C=CN)=C/CCC.CC. The first kappa shape index (κ1) is 22.6. The van der Waals surface area contributed by atoms with Crippen molar-refractivity contribution in [3.63, 3.8) is 0 Å². The van der Waals surface area contributed by atoms with Gasteiger partial charge < -0.3 is 16.6 Å². The van der Waals surface area contributed by atoms with Gasteiger partial charge in [-0.05, 0) is 50.1 Å². The molecule has 1 aromatic rings. The molecule has 3 heteroatoms. The molecular formula is C22H35N3. The van der Waals surface area contributed by atoms with E-state index in [9.17, 15) is 0 Å². The molecule has 0 radical (unpaired) electrons. The number of nitrogens with one attached hydrogen (secondary N) is 2. The van der Waals surface area contributed by atoms with Crippen molar-refractivity contribution in [2.75, 3.05) is 0 Å². The van der Waals surface area contributed by atoms with Crippen molar-refractivity contribution in [1.82, 2.24) is 10.9 Å². The Balaban J connectivity index is 0.00000277. The second-order valence-electron chi connectivity index (χ2n) is 5.34. The van der Waals surface area contributed by atoms with Crippen LogP contribution in [0.15, 0.2) is 77.8 Å².